The average Bonchev–Trinajstić information content (AvgIpc) is 3.08. The second-order valence-electron chi connectivity index (χ2n) is 4.68. The van der Waals surface area contributed by atoms with Gasteiger partial charge in [0, 0.05) is 19.3 Å². The Morgan fingerprint density at radius 2 is 2.22 bits per heavy atom. The molecule has 1 aromatic heterocycles. The summed E-state index contributed by atoms with van der Waals surface area (Å²) >= 11 is 0. The first-order valence-electron chi connectivity index (χ1n) is 5.80. The van der Waals surface area contributed by atoms with Crippen molar-refractivity contribution >= 4 is 15.8 Å². The van der Waals surface area contributed by atoms with Gasteiger partial charge in [0.2, 0.25) is 10.0 Å². The fourth-order valence-corrected chi connectivity index (χ4v) is 3.12. The molecule has 4 N–H and O–H groups in total. The number of aliphatic hydroxyl groups is 1. The first-order valence-corrected chi connectivity index (χ1v) is 7.28. The Balaban J connectivity index is 2.07. The van der Waals surface area contributed by atoms with Crippen LogP contribution in [0.15, 0.2) is 23.2 Å². The molecule has 2 rings (SSSR count). The SMILES string of the molecule is Nc1ncccc1S(=O)(=O)NCC1(CCO)CC1. The number of nitrogens with zero attached hydrogens (tertiary/aromatic N) is 1. The Morgan fingerprint density at radius 3 is 2.78 bits per heavy atom. The minimum atomic E-state index is -3.62. The van der Waals surface area contributed by atoms with E-state index in [9.17, 15) is 8.42 Å². The van der Waals surface area contributed by atoms with E-state index in [-0.39, 0.29) is 22.7 Å². The summed E-state index contributed by atoms with van der Waals surface area (Å²) in [5.41, 5.74) is 5.48. The lowest BCUT2D eigenvalue weighted by atomic mass is 10.0. The maximum absolute atomic E-state index is 12.0. The molecule has 0 unspecified atom stereocenters. The molecule has 0 saturated heterocycles. The predicted molar refractivity (Wildman–Crippen MR) is 67.2 cm³/mol. The molecule has 0 amide bonds. The lowest BCUT2D eigenvalue weighted by Crippen LogP contribution is -2.31. The molecule has 1 aliphatic carbocycles. The van der Waals surface area contributed by atoms with Crippen LogP contribution in [0.2, 0.25) is 0 Å². The molecule has 1 aromatic rings. The van der Waals surface area contributed by atoms with Crippen LogP contribution in [0.5, 0.6) is 0 Å². The number of nitrogens with two attached hydrogens (primary N) is 1. The zero-order chi connectivity index (χ0) is 13.2. The van der Waals surface area contributed by atoms with Crippen molar-refractivity contribution in [2.45, 2.75) is 24.2 Å². The highest BCUT2D eigenvalue weighted by atomic mass is 32.2. The molecule has 1 heterocycles. The molecular weight excluding hydrogens is 254 g/mol. The molecular formula is C11H17N3O3S. The lowest BCUT2D eigenvalue weighted by molar-refractivity contribution is 0.249. The van der Waals surface area contributed by atoms with E-state index in [1.54, 1.807) is 0 Å². The van der Waals surface area contributed by atoms with Crippen molar-refractivity contribution in [2.24, 2.45) is 5.41 Å². The zero-order valence-corrected chi connectivity index (χ0v) is 10.8. The van der Waals surface area contributed by atoms with Gasteiger partial charge in [-0.1, -0.05) is 0 Å². The second kappa shape index (κ2) is 4.83. The van der Waals surface area contributed by atoms with Gasteiger partial charge in [0.25, 0.3) is 0 Å². The van der Waals surface area contributed by atoms with E-state index in [0.29, 0.717) is 13.0 Å². The Hall–Kier alpha value is -1.18. The third kappa shape index (κ3) is 2.80. The molecule has 1 aliphatic rings. The standard InChI is InChI=1S/C11H17N3O3S/c12-10-9(2-1-6-13-10)18(16,17)14-8-11(3-4-11)5-7-15/h1-2,6,14-15H,3-5,7-8H2,(H2,12,13). The number of pyridine rings is 1. The second-order valence-corrected chi connectivity index (χ2v) is 6.42. The van der Waals surface area contributed by atoms with Gasteiger partial charge in [-0.3, -0.25) is 0 Å². The topological polar surface area (TPSA) is 105 Å². The molecule has 18 heavy (non-hydrogen) atoms. The van der Waals surface area contributed by atoms with Gasteiger partial charge in [-0.05, 0) is 36.8 Å². The maximum Gasteiger partial charge on any atom is 0.244 e. The molecule has 1 fully saturated rings. The molecule has 0 aliphatic heterocycles. The number of hydrogen-bond acceptors (Lipinski definition) is 5. The van der Waals surface area contributed by atoms with Crippen LogP contribution in [-0.4, -0.2) is 31.7 Å². The first kappa shape index (κ1) is 13.3. The highest BCUT2D eigenvalue weighted by Crippen LogP contribution is 2.48. The number of sulfonamides is 1. The Kier molecular flexibility index (Phi) is 3.56. The van der Waals surface area contributed by atoms with E-state index in [2.05, 4.69) is 9.71 Å². The molecule has 0 spiro atoms. The van der Waals surface area contributed by atoms with Crippen LogP contribution in [0.3, 0.4) is 0 Å². The maximum atomic E-state index is 12.0. The monoisotopic (exact) mass is 271 g/mol. The van der Waals surface area contributed by atoms with Crippen LogP contribution in [0, 0.1) is 5.41 Å². The van der Waals surface area contributed by atoms with Crippen LogP contribution in [0.1, 0.15) is 19.3 Å². The van der Waals surface area contributed by atoms with E-state index in [0.717, 1.165) is 12.8 Å². The zero-order valence-electron chi connectivity index (χ0n) is 9.96. The van der Waals surface area contributed by atoms with Crippen LogP contribution in [0.4, 0.5) is 5.82 Å². The molecule has 0 aromatic carbocycles. The molecule has 1 saturated carbocycles. The molecule has 100 valence electrons. The van der Waals surface area contributed by atoms with Crippen LogP contribution >= 0.6 is 0 Å². The highest BCUT2D eigenvalue weighted by Gasteiger charge is 2.42. The van der Waals surface area contributed by atoms with Gasteiger partial charge in [0.15, 0.2) is 0 Å². The minimum Gasteiger partial charge on any atom is -0.396 e. The smallest absolute Gasteiger partial charge is 0.244 e. The van der Waals surface area contributed by atoms with Crippen molar-refractivity contribution in [2.75, 3.05) is 18.9 Å². The minimum absolute atomic E-state index is 0.00277. The largest absolute Gasteiger partial charge is 0.396 e. The molecule has 7 heteroatoms. The lowest BCUT2D eigenvalue weighted by Gasteiger charge is -2.15. The van der Waals surface area contributed by atoms with Crippen LogP contribution in [-0.2, 0) is 10.0 Å². The van der Waals surface area contributed by atoms with Gasteiger partial charge in [0.05, 0.1) is 0 Å². The number of anilines is 1. The van der Waals surface area contributed by atoms with Crippen molar-refractivity contribution < 1.29 is 13.5 Å². The summed E-state index contributed by atoms with van der Waals surface area (Å²) in [6.45, 7) is 0.418. The summed E-state index contributed by atoms with van der Waals surface area (Å²) in [5, 5.41) is 8.93. The number of rotatable bonds is 6. The number of nitrogen functional groups attached to an aromatic ring is 1. The van der Waals surface area contributed by atoms with E-state index in [1.165, 1.54) is 18.3 Å². The van der Waals surface area contributed by atoms with Crippen LogP contribution < -0.4 is 10.5 Å². The number of aliphatic hydroxyl groups excluding tert-OH is 1. The summed E-state index contributed by atoms with van der Waals surface area (Å²) < 4.78 is 26.6. The first-order chi connectivity index (χ1) is 8.49. The fraction of sp³-hybridized carbons (Fsp3) is 0.545. The van der Waals surface area contributed by atoms with E-state index >= 15 is 0 Å². The van der Waals surface area contributed by atoms with Crippen molar-refractivity contribution in [1.29, 1.82) is 0 Å². The highest BCUT2D eigenvalue weighted by molar-refractivity contribution is 7.89. The number of nitrogens with one attached hydrogen (secondary N) is 1. The molecule has 6 nitrogen and oxygen atoms in total. The van der Waals surface area contributed by atoms with Crippen molar-refractivity contribution in [3.8, 4) is 0 Å². The van der Waals surface area contributed by atoms with Crippen LogP contribution in [0.25, 0.3) is 0 Å². The molecule has 0 atom stereocenters. The Labute approximate surface area is 106 Å². The Bertz CT molecular complexity index is 526. The van der Waals surface area contributed by atoms with Crippen molar-refractivity contribution in [3.05, 3.63) is 18.3 Å². The number of hydrogen-bond donors (Lipinski definition) is 3. The summed E-state index contributed by atoms with van der Waals surface area (Å²) in [6.07, 6.45) is 3.96. The third-order valence-electron chi connectivity index (χ3n) is 3.33. The van der Waals surface area contributed by atoms with Gasteiger partial charge in [-0.15, -0.1) is 0 Å². The summed E-state index contributed by atoms with van der Waals surface area (Å²) in [4.78, 5) is 3.76. The van der Waals surface area contributed by atoms with Gasteiger partial charge < -0.3 is 10.8 Å². The predicted octanol–water partition coefficient (Wildman–Crippen LogP) is 0.105. The Morgan fingerprint density at radius 1 is 1.50 bits per heavy atom. The quantitative estimate of drug-likeness (QED) is 0.680. The van der Waals surface area contributed by atoms with Gasteiger partial charge >= 0.3 is 0 Å². The molecule has 0 bridgehead atoms. The van der Waals surface area contributed by atoms with Gasteiger partial charge in [-0.2, -0.15) is 0 Å². The number of aromatic nitrogens is 1. The van der Waals surface area contributed by atoms with E-state index < -0.39 is 10.0 Å². The summed E-state index contributed by atoms with van der Waals surface area (Å²) in [6, 6.07) is 2.96. The van der Waals surface area contributed by atoms with Crippen molar-refractivity contribution in [3.63, 3.8) is 0 Å². The summed E-state index contributed by atoms with van der Waals surface area (Å²) in [7, 11) is -3.62. The van der Waals surface area contributed by atoms with E-state index in [4.69, 9.17) is 10.8 Å². The normalized spacial score (nSPS) is 17.6. The van der Waals surface area contributed by atoms with Crippen molar-refractivity contribution in [1.82, 2.24) is 9.71 Å². The van der Waals surface area contributed by atoms with Gasteiger partial charge in [0.1, 0.15) is 10.7 Å². The average molecular weight is 271 g/mol. The van der Waals surface area contributed by atoms with E-state index in [1.807, 2.05) is 0 Å². The summed E-state index contributed by atoms with van der Waals surface area (Å²) in [5.74, 6) is -0.00277. The third-order valence-corrected chi connectivity index (χ3v) is 4.77. The van der Waals surface area contributed by atoms with Gasteiger partial charge in [-0.25, -0.2) is 18.1 Å². The fourth-order valence-electron chi connectivity index (χ4n) is 1.88. The molecule has 0 radical (unpaired) electrons.